The molecule has 0 saturated heterocycles. The Bertz CT molecular complexity index is 783. The molecule has 0 amide bonds. The van der Waals surface area contributed by atoms with Crippen LogP contribution in [0.4, 0.5) is 0 Å². The van der Waals surface area contributed by atoms with Crippen molar-refractivity contribution in [2.75, 3.05) is 7.11 Å². The Morgan fingerprint density at radius 3 is 2.42 bits per heavy atom. The number of methoxy groups -OCH3 is 1. The summed E-state index contributed by atoms with van der Waals surface area (Å²) in [4.78, 5) is 4.32. The topological polar surface area (TPSA) is 43.4 Å². The van der Waals surface area contributed by atoms with Crippen molar-refractivity contribution >= 4 is 0 Å². The van der Waals surface area contributed by atoms with E-state index < -0.39 is 0 Å². The van der Waals surface area contributed by atoms with Crippen LogP contribution in [0, 0.1) is 0 Å². The third-order valence-electron chi connectivity index (χ3n) is 3.85. The van der Waals surface area contributed by atoms with E-state index in [4.69, 9.17) is 9.47 Å². The van der Waals surface area contributed by atoms with Gasteiger partial charge in [-0.3, -0.25) is 4.98 Å². The number of benzene rings is 2. The van der Waals surface area contributed by atoms with Crippen molar-refractivity contribution in [1.29, 1.82) is 0 Å². The minimum absolute atomic E-state index is 0. The summed E-state index contributed by atoms with van der Waals surface area (Å²) in [6, 6.07) is 22.0. The highest BCUT2D eigenvalue weighted by Gasteiger charge is 2.11. The first-order chi connectivity index (χ1) is 12.4. The molecule has 4 nitrogen and oxygen atoms in total. The number of para-hydroxylation sites is 1. The van der Waals surface area contributed by atoms with E-state index in [1.54, 1.807) is 13.3 Å². The third-order valence-corrected chi connectivity index (χ3v) is 3.85. The van der Waals surface area contributed by atoms with Crippen LogP contribution in [0.5, 0.6) is 11.5 Å². The molecule has 0 aliphatic heterocycles. The smallest absolute Gasteiger partial charge is 0.166 e. The third kappa shape index (κ3) is 5.48. The molecule has 0 spiro atoms. The molecule has 0 radical (unpaired) electrons. The average Bonchev–Trinajstić information content (AvgIpc) is 2.68. The van der Waals surface area contributed by atoms with Gasteiger partial charge in [-0.1, -0.05) is 48.5 Å². The maximum absolute atomic E-state index is 6.07. The van der Waals surface area contributed by atoms with Gasteiger partial charge in [-0.05, 0) is 23.8 Å². The lowest BCUT2D eigenvalue weighted by atomic mass is 10.1. The molecule has 0 unspecified atom stereocenters. The highest BCUT2D eigenvalue weighted by atomic mass is 35.5. The molecule has 1 heterocycles. The van der Waals surface area contributed by atoms with E-state index in [-0.39, 0.29) is 12.4 Å². The second-order valence-electron chi connectivity index (χ2n) is 5.65. The number of nitrogens with one attached hydrogen (secondary N) is 1. The van der Waals surface area contributed by atoms with Gasteiger partial charge in [0, 0.05) is 24.8 Å². The number of nitrogens with zero attached hydrogens (tertiary/aromatic N) is 1. The fourth-order valence-electron chi connectivity index (χ4n) is 2.58. The van der Waals surface area contributed by atoms with Gasteiger partial charge in [-0.25, -0.2) is 0 Å². The van der Waals surface area contributed by atoms with E-state index in [0.717, 1.165) is 28.3 Å². The molecule has 26 heavy (non-hydrogen) atoms. The maximum atomic E-state index is 6.07. The zero-order valence-corrected chi connectivity index (χ0v) is 15.4. The van der Waals surface area contributed by atoms with Crippen molar-refractivity contribution in [2.45, 2.75) is 19.7 Å². The normalized spacial score (nSPS) is 10.0. The zero-order chi connectivity index (χ0) is 17.3. The Hall–Kier alpha value is -2.56. The fraction of sp³-hybridized carbons (Fsp3) is 0.190. The Morgan fingerprint density at radius 2 is 1.69 bits per heavy atom. The van der Waals surface area contributed by atoms with Gasteiger partial charge in [-0.15, -0.1) is 0 Å². The summed E-state index contributed by atoms with van der Waals surface area (Å²) in [5, 5.41) is 3.41. The summed E-state index contributed by atoms with van der Waals surface area (Å²) in [6.45, 7) is 1.89. The van der Waals surface area contributed by atoms with Crippen LogP contribution in [0.3, 0.4) is 0 Å². The maximum Gasteiger partial charge on any atom is 0.166 e. The van der Waals surface area contributed by atoms with Crippen LogP contribution in [0.1, 0.15) is 16.8 Å². The lowest BCUT2D eigenvalue weighted by molar-refractivity contribution is -0.00000568. The van der Waals surface area contributed by atoms with E-state index in [9.17, 15) is 0 Å². The molecule has 3 rings (SSSR count). The first-order valence-electron chi connectivity index (χ1n) is 8.30. The predicted molar refractivity (Wildman–Crippen MR) is 98.5 cm³/mol. The van der Waals surface area contributed by atoms with Crippen molar-refractivity contribution in [2.24, 2.45) is 0 Å². The van der Waals surface area contributed by atoms with Crippen molar-refractivity contribution in [3.63, 3.8) is 0 Å². The molecule has 0 bridgehead atoms. The Balaban J connectivity index is 0.00000243. The van der Waals surface area contributed by atoms with Gasteiger partial charge in [0.2, 0.25) is 0 Å². The first-order valence-corrected chi connectivity index (χ1v) is 8.30. The van der Waals surface area contributed by atoms with E-state index in [1.807, 2.05) is 54.6 Å². The summed E-state index contributed by atoms with van der Waals surface area (Å²) in [7, 11) is 1.66. The number of pyridine rings is 1. The van der Waals surface area contributed by atoms with E-state index in [0.29, 0.717) is 19.7 Å². The average molecular weight is 370 g/mol. The minimum Gasteiger partial charge on any atom is -1.00 e. The molecule has 0 saturated carbocycles. The number of halogens is 1. The Morgan fingerprint density at radius 1 is 0.885 bits per heavy atom. The molecule has 0 atom stereocenters. The largest absolute Gasteiger partial charge is 1.00 e. The molecule has 1 aromatic heterocycles. The number of hydrogen-bond donors (Lipinski definition) is 1. The molecule has 0 aliphatic rings. The van der Waals surface area contributed by atoms with Crippen LogP contribution in [-0.4, -0.2) is 12.1 Å². The van der Waals surface area contributed by atoms with Crippen LogP contribution >= 0.6 is 0 Å². The minimum atomic E-state index is 0. The summed E-state index contributed by atoms with van der Waals surface area (Å²) < 4.78 is 11.5. The predicted octanol–water partition coefficient (Wildman–Crippen LogP) is 0.963. The summed E-state index contributed by atoms with van der Waals surface area (Å²) in [5.41, 5.74) is 3.20. The van der Waals surface area contributed by atoms with Crippen LogP contribution in [0.15, 0.2) is 72.9 Å². The Kier molecular flexibility index (Phi) is 7.93. The van der Waals surface area contributed by atoms with Gasteiger partial charge >= 0.3 is 0 Å². The standard InChI is InChI=1S/C21H22N2O2.ClH/c1-24-20-12-7-10-18(14-22-15-19-11-5-6-13-23-19)21(20)25-16-17-8-3-2-4-9-17;/h2-13,22H,14-16H2,1H3;1H/p-1. The molecule has 2 aromatic carbocycles. The number of aromatic nitrogens is 1. The number of hydrogen-bond acceptors (Lipinski definition) is 4. The fourth-order valence-corrected chi connectivity index (χ4v) is 2.58. The quantitative estimate of drug-likeness (QED) is 0.642. The Labute approximate surface area is 160 Å². The molecule has 0 aliphatic carbocycles. The zero-order valence-electron chi connectivity index (χ0n) is 14.7. The van der Waals surface area contributed by atoms with Crippen molar-refractivity contribution in [1.82, 2.24) is 10.3 Å². The van der Waals surface area contributed by atoms with Gasteiger partial charge in [-0.2, -0.15) is 0 Å². The second-order valence-corrected chi connectivity index (χ2v) is 5.65. The van der Waals surface area contributed by atoms with E-state index >= 15 is 0 Å². The summed E-state index contributed by atoms with van der Waals surface area (Å²) in [6.07, 6.45) is 1.80. The molecule has 0 fully saturated rings. The van der Waals surface area contributed by atoms with Crippen molar-refractivity contribution in [3.8, 4) is 11.5 Å². The lowest BCUT2D eigenvalue weighted by Crippen LogP contribution is -3.00. The monoisotopic (exact) mass is 369 g/mol. The molecular weight excluding hydrogens is 348 g/mol. The van der Waals surface area contributed by atoms with Crippen LogP contribution in [-0.2, 0) is 19.7 Å². The van der Waals surface area contributed by atoms with Crippen molar-refractivity contribution < 1.29 is 21.9 Å². The van der Waals surface area contributed by atoms with Crippen LogP contribution < -0.4 is 27.2 Å². The highest BCUT2D eigenvalue weighted by molar-refractivity contribution is 5.46. The van der Waals surface area contributed by atoms with Crippen LogP contribution in [0.25, 0.3) is 0 Å². The van der Waals surface area contributed by atoms with Crippen LogP contribution in [0.2, 0.25) is 0 Å². The summed E-state index contributed by atoms with van der Waals surface area (Å²) >= 11 is 0. The van der Waals surface area contributed by atoms with Gasteiger partial charge in [0.1, 0.15) is 6.61 Å². The number of ether oxygens (including phenoxy) is 2. The SMILES string of the molecule is COc1cccc(CNCc2ccccn2)c1OCc1ccccc1.[Cl-]. The molecule has 1 N–H and O–H groups in total. The number of rotatable bonds is 8. The summed E-state index contributed by atoms with van der Waals surface area (Å²) in [5.74, 6) is 1.52. The van der Waals surface area contributed by atoms with Gasteiger partial charge in [0.25, 0.3) is 0 Å². The molecule has 5 heteroatoms. The molecule has 3 aromatic rings. The van der Waals surface area contributed by atoms with Gasteiger partial charge in [0.15, 0.2) is 11.5 Å². The molecule has 136 valence electrons. The van der Waals surface area contributed by atoms with E-state index in [1.165, 1.54) is 0 Å². The van der Waals surface area contributed by atoms with E-state index in [2.05, 4.69) is 22.4 Å². The highest BCUT2D eigenvalue weighted by Crippen LogP contribution is 2.31. The van der Waals surface area contributed by atoms with Gasteiger partial charge < -0.3 is 27.2 Å². The second kappa shape index (κ2) is 10.4. The van der Waals surface area contributed by atoms with Gasteiger partial charge in [0.05, 0.1) is 12.8 Å². The first kappa shape index (κ1) is 19.8. The van der Waals surface area contributed by atoms with Crippen molar-refractivity contribution in [3.05, 3.63) is 89.7 Å². The molecular formula is C21H22ClN2O2-. The lowest BCUT2D eigenvalue weighted by Gasteiger charge is -2.15.